The van der Waals surface area contributed by atoms with E-state index < -0.39 is 5.54 Å². The summed E-state index contributed by atoms with van der Waals surface area (Å²) in [4.78, 5) is 4.99. The SMILES string of the molecule is CC1(C)N=C(c2nnc3ccccc3c2N)c2ccc(F)cc2C1(C)C. The number of fused-ring (bicyclic) bond motifs is 2. The van der Waals surface area contributed by atoms with E-state index in [2.05, 4.69) is 24.0 Å². The van der Waals surface area contributed by atoms with Gasteiger partial charge in [0, 0.05) is 16.4 Å². The maximum Gasteiger partial charge on any atom is 0.135 e. The summed E-state index contributed by atoms with van der Waals surface area (Å²) in [7, 11) is 0. The van der Waals surface area contributed by atoms with E-state index in [-0.39, 0.29) is 11.2 Å². The van der Waals surface area contributed by atoms with Crippen molar-refractivity contribution in [1.82, 2.24) is 10.2 Å². The van der Waals surface area contributed by atoms with Gasteiger partial charge in [0.1, 0.15) is 11.5 Å². The summed E-state index contributed by atoms with van der Waals surface area (Å²) in [5.74, 6) is -0.258. The quantitative estimate of drug-likeness (QED) is 0.715. The Balaban J connectivity index is 2.04. The first-order valence-electron chi connectivity index (χ1n) is 8.64. The fourth-order valence-corrected chi connectivity index (χ4v) is 3.48. The third-order valence-corrected chi connectivity index (χ3v) is 5.76. The molecule has 0 unspecified atom stereocenters. The summed E-state index contributed by atoms with van der Waals surface area (Å²) in [6.45, 7) is 8.26. The van der Waals surface area contributed by atoms with Gasteiger partial charge in [0.15, 0.2) is 0 Å². The van der Waals surface area contributed by atoms with Crippen LogP contribution in [0.15, 0.2) is 47.5 Å². The highest BCUT2D eigenvalue weighted by Crippen LogP contribution is 2.44. The molecule has 1 aliphatic rings. The highest BCUT2D eigenvalue weighted by Gasteiger charge is 2.44. The lowest BCUT2D eigenvalue weighted by Crippen LogP contribution is -2.46. The van der Waals surface area contributed by atoms with Crippen LogP contribution in [0.25, 0.3) is 10.9 Å². The highest BCUT2D eigenvalue weighted by atomic mass is 19.1. The van der Waals surface area contributed by atoms with Gasteiger partial charge in [-0.1, -0.05) is 32.0 Å². The molecule has 0 aliphatic carbocycles. The van der Waals surface area contributed by atoms with E-state index in [1.54, 1.807) is 12.1 Å². The van der Waals surface area contributed by atoms with E-state index in [0.29, 0.717) is 17.1 Å². The van der Waals surface area contributed by atoms with Gasteiger partial charge in [-0.2, -0.15) is 0 Å². The Morgan fingerprint density at radius 2 is 1.69 bits per heavy atom. The van der Waals surface area contributed by atoms with Crippen molar-refractivity contribution in [3.63, 3.8) is 0 Å². The van der Waals surface area contributed by atoms with Crippen molar-refractivity contribution < 1.29 is 4.39 Å². The van der Waals surface area contributed by atoms with E-state index >= 15 is 0 Å². The zero-order chi connectivity index (χ0) is 18.7. The average Bonchev–Trinajstić information content (AvgIpc) is 2.60. The van der Waals surface area contributed by atoms with Crippen molar-refractivity contribution in [2.24, 2.45) is 4.99 Å². The van der Waals surface area contributed by atoms with Crippen molar-refractivity contribution in [3.8, 4) is 0 Å². The van der Waals surface area contributed by atoms with E-state index in [4.69, 9.17) is 10.7 Å². The van der Waals surface area contributed by atoms with Crippen LogP contribution in [0.4, 0.5) is 10.1 Å². The van der Waals surface area contributed by atoms with Crippen LogP contribution in [-0.4, -0.2) is 21.4 Å². The molecule has 0 bridgehead atoms. The van der Waals surface area contributed by atoms with Crippen molar-refractivity contribution in [1.29, 1.82) is 0 Å². The molecule has 132 valence electrons. The van der Waals surface area contributed by atoms with Gasteiger partial charge in [-0.25, -0.2) is 4.39 Å². The molecule has 5 heteroatoms. The standard InChI is InChI=1S/C21H21FN4/c1-20(2)15-11-12(22)9-10-13(15)18(24-21(20,3)4)19-17(23)14-7-5-6-8-16(14)25-26-19/h5-11H,1-4H3,(H2,23,25). The Hall–Kier alpha value is -2.82. The molecule has 2 aromatic carbocycles. The zero-order valence-electron chi connectivity index (χ0n) is 15.3. The van der Waals surface area contributed by atoms with Crippen molar-refractivity contribution >= 4 is 22.3 Å². The van der Waals surface area contributed by atoms with Crippen molar-refractivity contribution in [3.05, 3.63) is 65.1 Å². The van der Waals surface area contributed by atoms with Crippen LogP contribution in [0.1, 0.15) is 44.5 Å². The second-order valence-corrected chi connectivity index (χ2v) is 7.81. The number of rotatable bonds is 1. The summed E-state index contributed by atoms with van der Waals surface area (Å²) in [5.41, 5.74) is 9.89. The molecule has 0 fully saturated rings. The molecule has 26 heavy (non-hydrogen) atoms. The topological polar surface area (TPSA) is 64.2 Å². The molecular formula is C21H21FN4. The second-order valence-electron chi connectivity index (χ2n) is 7.81. The number of nitrogens with zero attached hydrogens (tertiary/aromatic N) is 3. The fraction of sp³-hybridized carbons (Fsp3) is 0.286. The average molecular weight is 348 g/mol. The number of hydrogen-bond acceptors (Lipinski definition) is 4. The van der Waals surface area contributed by atoms with Gasteiger partial charge in [-0.3, -0.25) is 4.99 Å². The number of hydrogen-bond donors (Lipinski definition) is 1. The minimum atomic E-state index is -0.455. The van der Waals surface area contributed by atoms with Crippen LogP contribution in [-0.2, 0) is 5.41 Å². The Morgan fingerprint density at radius 1 is 0.962 bits per heavy atom. The van der Waals surface area contributed by atoms with Crippen LogP contribution < -0.4 is 5.73 Å². The monoisotopic (exact) mass is 348 g/mol. The molecule has 4 nitrogen and oxygen atoms in total. The zero-order valence-corrected chi connectivity index (χ0v) is 15.3. The smallest absolute Gasteiger partial charge is 0.135 e. The molecule has 0 amide bonds. The molecular weight excluding hydrogens is 327 g/mol. The molecule has 1 aromatic heterocycles. The van der Waals surface area contributed by atoms with Gasteiger partial charge in [-0.15, -0.1) is 10.2 Å². The highest BCUT2D eigenvalue weighted by molar-refractivity contribution is 6.18. The largest absolute Gasteiger partial charge is 0.396 e. The van der Waals surface area contributed by atoms with E-state index in [1.807, 2.05) is 38.1 Å². The Morgan fingerprint density at radius 3 is 2.46 bits per heavy atom. The lowest BCUT2D eigenvalue weighted by atomic mass is 9.66. The normalized spacial score (nSPS) is 17.7. The van der Waals surface area contributed by atoms with Gasteiger partial charge < -0.3 is 5.73 Å². The lowest BCUT2D eigenvalue weighted by Gasteiger charge is -2.44. The lowest BCUT2D eigenvalue weighted by molar-refractivity contribution is 0.302. The number of aromatic nitrogens is 2. The van der Waals surface area contributed by atoms with Crippen LogP contribution in [0.5, 0.6) is 0 Å². The number of anilines is 1. The second kappa shape index (κ2) is 5.34. The third kappa shape index (κ3) is 2.23. The van der Waals surface area contributed by atoms with Crippen LogP contribution in [0.2, 0.25) is 0 Å². The summed E-state index contributed by atoms with van der Waals surface area (Å²) in [6.07, 6.45) is 0. The van der Waals surface area contributed by atoms with Crippen molar-refractivity contribution in [2.45, 2.75) is 38.6 Å². The summed E-state index contributed by atoms with van der Waals surface area (Å²) in [5, 5.41) is 9.51. The van der Waals surface area contributed by atoms with Crippen LogP contribution >= 0.6 is 0 Å². The van der Waals surface area contributed by atoms with E-state index in [9.17, 15) is 4.39 Å². The number of nitrogen functional groups attached to an aromatic ring is 1. The Labute approximate surface area is 152 Å². The van der Waals surface area contributed by atoms with E-state index in [0.717, 1.165) is 22.0 Å². The predicted octanol–water partition coefficient (Wildman–Crippen LogP) is 4.26. The molecule has 0 saturated carbocycles. The molecule has 2 heterocycles. The maximum absolute atomic E-state index is 14.0. The minimum Gasteiger partial charge on any atom is -0.396 e. The van der Waals surface area contributed by atoms with Crippen LogP contribution in [0.3, 0.4) is 0 Å². The summed E-state index contributed by atoms with van der Waals surface area (Å²) in [6, 6.07) is 12.4. The number of benzene rings is 2. The molecule has 4 rings (SSSR count). The molecule has 0 spiro atoms. The fourth-order valence-electron chi connectivity index (χ4n) is 3.48. The predicted molar refractivity (Wildman–Crippen MR) is 103 cm³/mol. The molecule has 0 saturated heterocycles. The molecule has 0 radical (unpaired) electrons. The molecule has 3 aromatic rings. The van der Waals surface area contributed by atoms with Gasteiger partial charge in [0.2, 0.25) is 0 Å². The Bertz CT molecular complexity index is 1070. The first-order chi connectivity index (χ1) is 12.2. The van der Waals surface area contributed by atoms with Gasteiger partial charge in [0.05, 0.1) is 22.5 Å². The first kappa shape index (κ1) is 16.6. The maximum atomic E-state index is 14.0. The number of halogens is 1. The number of aliphatic imine (C=N–C) groups is 1. The molecule has 0 atom stereocenters. The van der Waals surface area contributed by atoms with Crippen LogP contribution in [0, 0.1) is 5.82 Å². The van der Waals surface area contributed by atoms with Gasteiger partial charge >= 0.3 is 0 Å². The van der Waals surface area contributed by atoms with E-state index in [1.165, 1.54) is 6.07 Å². The third-order valence-electron chi connectivity index (χ3n) is 5.76. The molecule has 1 aliphatic heterocycles. The first-order valence-corrected chi connectivity index (χ1v) is 8.64. The number of nitrogens with two attached hydrogens (primary N) is 1. The molecule has 2 N–H and O–H groups in total. The summed E-state index contributed by atoms with van der Waals surface area (Å²) < 4.78 is 14.0. The minimum absolute atomic E-state index is 0.258. The Kier molecular flexibility index (Phi) is 3.41. The van der Waals surface area contributed by atoms with Crippen molar-refractivity contribution in [2.75, 3.05) is 5.73 Å². The summed E-state index contributed by atoms with van der Waals surface area (Å²) >= 11 is 0. The van der Waals surface area contributed by atoms with Gasteiger partial charge in [0.25, 0.3) is 0 Å². The van der Waals surface area contributed by atoms with Gasteiger partial charge in [-0.05, 0) is 43.7 Å².